The molecule has 0 fully saturated rings. The summed E-state index contributed by atoms with van der Waals surface area (Å²) >= 11 is 1.33. The van der Waals surface area contributed by atoms with Crippen molar-refractivity contribution >= 4 is 33.2 Å². The van der Waals surface area contributed by atoms with Gasteiger partial charge in [0.05, 0.1) is 23.8 Å². The van der Waals surface area contributed by atoms with Gasteiger partial charge in [-0.1, -0.05) is 12.1 Å². The van der Waals surface area contributed by atoms with Crippen LogP contribution in [0.3, 0.4) is 0 Å². The van der Waals surface area contributed by atoms with Gasteiger partial charge in [0.25, 0.3) is 0 Å². The van der Waals surface area contributed by atoms with Crippen LogP contribution < -0.4 is 4.74 Å². The molecule has 0 amide bonds. The van der Waals surface area contributed by atoms with Gasteiger partial charge in [-0.25, -0.2) is 0 Å². The minimum atomic E-state index is -0.524. The first-order chi connectivity index (χ1) is 8.65. The molecule has 0 aliphatic rings. The Labute approximate surface area is 108 Å². The third-order valence-corrected chi connectivity index (χ3v) is 3.74. The lowest BCUT2D eigenvalue weighted by Crippen LogP contribution is -2.07. The number of esters is 1. The summed E-state index contributed by atoms with van der Waals surface area (Å²) in [4.78, 5) is 23.5. The lowest BCUT2D eigenvalue weighted by molar-refractivity contribution is -0.139. The quantitative estimate of drug-likeness (QED) is 0.484. The molecule has 94 valence electrons. The highest BCUT2D eigenvalue weighted by molar-refractivity contribution is 7.21. The molecule has 0 saturated carbocycles. The fourth-order valence-electron chi connectivity index (χ4n) is 1.62. The maximum atomic E-state index is 11.9. The van der Waals surface area contributed by atoms with Crippen molar-refractivity contribution in [2.24, 2.45) is 0 Å². The van der Waals surface area contributed by atoms with Crippen molar-refractivity contribution in [1.29, 1.82) is 0 Å². The van der Waals surface area contributed by atoms with Gasteiger partial charge in [0, 0.05) is 0 Å². The van der Waals surface area contributed by atoms with E-state index in [-0.39, 0.29) is 12.2 Å². The SMILES string of the molecule is COC(=O)CC(=O)c1cc2cccc(OC)c2s1. The topological polar surface area (TPSA) is 52.6 Å². The van der Waals surface area contributed by atoms with E-state index in [1.54, 1.807) is 13.2 Å². The summed E-state index contributed by atoms with van der Waals surface area (Å²) < 4.78 is 10.6. The number of hydrogen-bond acceptors (Lipinski definition) is 5. The third kappa shape index (κ3) is 2.36. The Morgan fingerprint density at radius 1 is 1.28 bits per heavy atom. The number of hydrogen-bond donors (Lipinski definition) is 0. The van der Waals surface area contributed by atoms with Gasteiger partial charge >= 0.3 is 5.97 Å². The normalized spacial score (nSPS) is 10.3. The summed E-state index contributed by atoms with van der Waals surface area (Å²) in [6, 6.07) is 7.38. The predicted molar refractivity (Wildman–Crippen MR) is 69.3 cm³/mol. The Balaban J connectivity index is 2.35. The first kappa shape index (κ1) is 12.6. The molecule has 0 aliphatic carbocycles. The predicted octanol–water partition coefficient (Wildman–Crippen LogP) is 2.66. The third-order valence-electron chi connectivity index (χ3n) is 2.54. The van der Waals surface area contributed by atoms with Gasteiger partial charge in [-0.3, -0.25) is 9.59 Å². The van der Waals surface area contributed by atoms with E-state index in [2.05, 4.69) is 4.74 Å². The minimum Gasteiger partial charge on any atom is -0.495 e. The van der Waals surface area contributed by atoms with Crippen LogP contribution in [0.5, 0.6) is 5.75 Å². The summed E-state index contributed by atoms with van der Waals surface area (Å²) in [5, 5.41) is 0.938. The lowest BCUT2D eigenvalue weighted by atomic mass is 10.2. The molecule has 4 nitrogen and oxygen atoms in total. The molecule has 2 aromatic rings. The van der Waals surface area contributed by atoms with E-state index in [1.807, 2.05) is 18.2 Å². The molecule has 0 atom stereocenters. The van der Waals surface area contributed by atoms with Gasteiger partial charge in [0.1, 0.15) is 12.2 Å². The molecule has 0 radical (unpaired) electrons. The second-order valence-corrected chi connectivity index (χ2v) is 4.72. The summed E-state index contributed by atoms with van der Waals surface area (Å²) in [5.74, 6) is -0.0239. The molecule has 2 rings (SSSR count). The Morgan fingerprint density at radius 3 is 2.72 bits per heavy atom. The fourth-order valence-corrected chi connectivity index (χ4v) is 2.71. The highest BCUT2D eigenvalue weighted by Crippen LogP contribution is 2.33. The van der Waals surface area contributed by atoms with Crippen LogP contribution in [-0.2, 0) is 9.53 Å². The molecule has 0 saturated heterocycles. The second kappa shape index (κ2) is 5.18. The Bertz CT molecular complexity index is 600. The smallest absolute Gasteiger partial charge is 0.313 e. The molecule has 0 aliphatic heterocycles. The van der Waals surface area contributed by atoms with E-state index in [0.29, 0.717) is 4.88 Å². The average molecular weight is 264 g/mol. The highest BCUT2D eigenvalue weighted by Gasteiger charge is 2.16. The van der Waals surface area contributed by atoms with Crippen LogP contribution in [0.2, 0.25) is 0 Å². The molecule has 0 N–H and O–H groups in total. The summed E-state index contributed by atoms with van der Waals surface area (Å²) in [6.45, 7) is 0. The van der Waals surface area contributed by atoms with Crippen molar-refractivity contribution in [1.82, 2.24) is 0 Å². The molecule has 5 heteroatoms. The van der Waals surface area contributed by atoms with Crippen molar-refractivity contribution < 1.29 is 19.1 Å². The largest absolute Gasteiger partial charge is 0.495 e. The number of carbonyl (C=O) groups is 2. The standard InChI is InChI=1S/C13H12O4S/c1-16-10-5-3-4-8-6-11(18-13(8)10)9(14)7-12(15)17-2/h3-6H,7H2,1-2H3. The number of rotatable bonds is 4. The van der Waals surface area contributed by atoms with Crippen molar-refractivity contribution in [3.63, 3.8) is 0 Å². The van der Waals surface area contributed by atoms with Crippen LogP contribution >= 0.6 is 11.3 Å². The number of ketones is 1. The molecule has 1 aromatic heterocycles. The minimum absolute atomic E-state index is 0.231. The van der Waals surface area contributed by atoms with Crippen molar-refractivity contribution in [2.75, 3.05) is 14.2 Å². The number of benzene rings is 1. The number of methoxy groups -OCH3 is 2. The Morgan fingerprint density at radius 2 is 2.06 bits per heavy atom. The lowest BCUT2D eigenvalue weighted by Gasteiger charge is -1.99. The van der Waals surface area contributed by atoms with Crippen molar-refractivity contribution in [2.45, 2.75) is 6.42 Å². The Hall–Kier alpha value is -1.88. The number of fused-ring (bicyclic) bond motifs is 1. The number of carbonyl (C=O) groups excluding carboxylic acids is 2. The fraction of sp³-hybridized carbons (Fsp3) is 0.231. The molecule has 18 heavy (non-hydrogen) atoms. The van der Waals surface area contributed by atoms with Crippen LogP contribution in [-0.4, -0.2) is 26.0 Å². The van der Waals surface area contributed by atoms with Crippen molar-refractivity contribution in [3.8, 4) is 5.75 Å². The number of thiophene rings is 1. The van der Waals surface area contributed by atoms with Crippen molar-refractivity contribution in [3.05, 3.63) is 29.1 Å². The van der Waals surface area contributed by atoms with E-state index < -0.39 is 5.97 Å². The maximum absolute atomic E-state index is 11.9. The van der Waals surface area contributed by atoms with E-state index in [9.17, 15) is 9.59 Å². The van der Waals surface area contributed by atoms with E-state index in [0.717, 1.165) is 15.8 Å². The van der Waals surface area contributed by atoms with Gasteiger partial charge < -0.3 is 9.47 Å². The monoisotopic (exact) mass is 264 g/mol. The molecule has 0 unspecified atom stereocenters. The van der Waals surface area contributed by atoms with Gasteiger partial charge in [0.2, 0.25) is 0 Å². The molecule has 0 spiro atoms. The van der Waals surface area contributed by atoms with Gasteiger partial charge in [0.15, 0.2) is 5.78 Å². The number of ether oxygens (including phenoxy) is 2. The summed E-state index contributed by atoms with van der Waals surface area (Å²) in [7, 11) is 2.86. The van der Waals surface area contributed by atoms with Crippen LogP contribution in [0.1, 0.15) is 16.1 Å². The molecular formula is C13H12O4S. The second-order valence-electron chi connectivity index (χ2n) is 3.67. The van der Waals surface area contributed by atoms with Crippen LogP contribution in [0.25, 0.3) is 10.1 Å². The van der Waals surface area contributed by atoms with Gasteiger partial charge in [-0.2, -0.15) is 0 Å². The van der Waals surface area contributed by atoms with Crippen LogP contribution in [0, 0.1) is 0 Å². The molecule has 1 heterocycles. The molecule has 0 bridgehead atoms. The maximum Gasteiger partial charge on any atom is 0.313 e. The first-order valence-electron chi connectivity index (χ1n) is 5.32. The first-order valence-corrected chi connectivity index (χ1v) is 6.14. The van der Waals surface area contributed by atoms with Gasteiger partial charge in [-0.05, 0) is 17.5 Å². The molecular weight excluding hydrogens is 252 g/mol. The number of Topliss-reactive ketones (excluding diaryl/α,β-unsaturated/α-hetero) is 1. The average Bonchev–Trinajstić information content (AvgIpc) is 2.82. The zero-order valence-electron chi connectivity index (χ0n) is 10.1. The van der Waals surface area contributed by atoms with E-state index >= 15 is 0 Å². The zero-order chi connectivity index (χ0) is 13.1. The van der Waals surface area contributed by atoms with E-state index in [1.165, 1.54) is 18.4 Å². The van der Waals surface area contributed by atoms with E-state index in [4.69, 9.17) is 4.74 Å². The summed E-state index contributed by atoms with van der Waals surface area (Å²) in [5.41, 5.74) is 0. The zero-order valence-corrected chi connectivity index (χ0v) is 10.9. The molecule has 1 aromatic carbocycles. The summed E-state index contributed by atoms with van der Waals surface area (Å²) in [6.07, 6.45) is -0.231. The van der Waals surface area contributed by atoms with Crippen LogP contribution in [0.15, 0.2) is 24.3 Å². The van der Waals surface area contributed by atoms with Gasteiger partial charge in [-0.15, -0.1) is 11.3 Å². The van der Waals surface area contributed by atoms with Crippen LogP contribution in [0.4, 0.5) is 0 Å². The Kier molecular flexibility index (Phi) is 3.62. The highest BCUT2D eigenvalue weighted by atomic mass is 32.1.